The molecule has 2 aliphatic rings. The molecule has 0 amide bonds. The minimum atomic E-state index is -1.91. The molecule has 0 saturated carbocycles. The third kappa shape index (κ3) is 4.57. The Morgan fingerprint density at radius 2 is 1.50 bits per heavy atom. The topological polar surface area (TPSA) is 123 Å². The molecule has 1 unspecified atom stereocenters. The second kappa shape index (κ2) is 11.5. The van der Waals surface area contributed by atoms with E-state index in [-0.39, 0.29) is 5.69 Å². The first-order valence-corrected chi connectivity index (χ1v) is 14.0. The third-order valence-electron chi connectivity index (χ3n) is 8.43. The summed E-state index contributed by atoms with van der Waals surface area (Å²) in [6, 6.07) is 31.7. The van der Waals surface area contributed by atoms with Gasteiger partial charge in [0.05, 0.1) is 24.1 Å². The van der Waals surface area contributed by atoms with Crippen LogP contribution in [0.15, 0.2) is 115 Å². The van der Waals surface area contributed by atoms with E-state index in [4.69, 9.17) is 9.47 Å². The Kier molecular flexibility index (Phi) is 7.41. The van der Waals surface area contributed by atoms with E-state index in [0.29, 0.717) is 11.1 Å². The number of rotatable bonds is 7. The monoisotopic (exact) mass is 585 g/mol. The van der Waals surface area contributed by atoms with E-state index in [1.165, 1.54) is 31.4 Å². The summed E-state index contributed by atoms with van der Waals surface area (Å²) < 4.78 is 11.6. The maximum Gasteiger partial charge on any atom is 0.330 e. The third-order valence-corrected chi connectivity index (χ3v) is 8.43. The Morgan fingerprint density at radius 1 is 0.909 bits per heavy atom. The molecule has 2 heterocycles. The average molecular weight is 586 g/mol. The number of nitriles is 1. The Bertz CT molecular complexity index is 1750. The highest BCUT2D eigenvalue weighted by molar-refractivity contribution is 5.90. The number of carbonyl (C=O) groups excluding carboxylic acids is 2. The van der Waals surface area contributed by atoms with E-state index in [0.717, 1.165) is 16.7 Å². The van der Waals surface area contributed by atoms with Crippen LogP contribution in [0, 0.1) is 26.9 Å². The van der Waals surface area contributed by atoms with Crippen molar-refractivity contribution in [2.45, 2.75) is 24.1 Å². The van der Waals surface area contributed by atoms with Crippen LogP contribution in [-0.2, 0) is 19.1 Å². The number of methoxy groups -OCH3 is 1. The number of hydrogen-bond acceptors (Lipinski definition) is 8. The number of nitro groups is 1. The van der Waals surface area contributed by atoms with Crippen LogP contribution in [0.4, 0.5) is 5.69 Å². The summed E-state index contributed by atoms with van der Waals surface area (Å²) in [5.41, 5.74) is 1.26. The highest BCUT2D eigenvalue weighted by atomic mass is 16.6. The van der Waals surface area contributed by atoms with Crippen molar-refractivity contribution in [2.24, 2.45) is 5.41 Å². The van der Waals surface area contributed by atoms with Crippen molar-refractivity contribution < 1.29 is 24.0 Å². The predicted octanol–water partition coefficient (Wildman–Crippen LogP) is 6.10. The summed E-state index contributed by atoms with van der Waals surface area (Å²) >= 11 is 0. The highest BCUT2D eigenvalue weighted by Crippen LogP contribution is 2.60. The molecule has 0 radical (unpaired) electrons. The minimum Gasteiger partial charge on any atom is -0.468 e. The number of nitro benzene ring substituents is 1. The molecule has 2 aliphatic heterocycles. The fraction of sp³-hybridized carbons (Fsp3) is 0.171. The van der Waals surface area contributed by atoms with Gasteiger partial charge in [-0.05, 0) is 33.9 Å². The summed E-state index contributed by atoms with van der Waals surface area (Å²) in [6.45, 7) is 0. The lowest BCUT2D eigenvalue weighted by atomic mass is 9.67. The van der Waals surface area contributed by atoms with Crippen molar-refractivity contribution in [1.82, 2.24) is 4.90 Å². The Morgan fingerprint density at radius 3 is 2.07 bits per heavy atom. The van der Waals surface area contributed by atoms with Gasteiger partial charge in [0.25, 0.3) is 5.69 Å². The highest BCUT2D eigenvalue weighted by Gasteiger charge is 2.68. The molecule has 1 saturated heterocycles. The molecule has 0 aliphatic carbocycles. The molecule has 0 N–H and O–H groups in total. The second-order valence-corrected chi connectivity index (χ2v) is 10.7. The van der Waals surface area contributed by atoms with E-state index >= 15 is 0 Å². The average Bonchev–Trinajstić information content (AvgIpc) is 3.39. The number of hydrogen-bond donors (Lipinski definition) is 0. The molecule has 4 atom stereocenters. The van der Waals surface area contributed by atoms with E-state index in [2.05, 4.69) is 6.07 Å². The number of benzene rings is 4. The second-order valence-electron chi connectivity index (χ2n) is 10.7. The molecule has 9 heteroatoms. The number of esters is 2. The van der Waals surface area contributed by atoms with Gasteiger partial charge in [0.15, 0.2) is 11.5 Å². The normalized spacial score (nSPS) is 21.6. The lowest BCUT2D eigenvalue weighted by molar-refractivity contribution is -0.384. The zero-order chi connectivity index (χ0) is 30.8. The van der Waals surface area contributed by atoms with E-state index in [1.54, 1.807) is 11.1 Å². The predicted molar refractivity (Wildman–Crippen MR) is 161 cm³/mol. The molecule has 44 heavy (non-hydrogen) atoms. The van der Waals surface area contributed by atoms with Gasteiger partial charge >= 0.3 is 11.9 Å². The van der Waals surface area contributed by atoms with Gasteiger partial charge < -0.3 is 14.4 Å². The molecular formula is C35H27N3O6. The van der Waals surface area contributed by atoms with Crippen molar-refractivity contribution in [3.8, 4) is 6.07 Å². The molecule has 4 aromatic rings. The molecule has 0 spiro atoms. The maximum absolute atomic E-state index is 14.6. The van der Waals surface area contributed by atoms with Gasteiger partial charge in [0, 0.05) is 24.3 Å². The molecular weight excluding hydrogens is 558 g/mol. The summed E-state index contributed by atoms with van der Waals surface area (Å²) in [5.74, 6) is -2.59. The zero-order valence-corrected chi connectivity index (χ0v) is 23.6. The van der Waals surface area contributed by atoms with Gasteiger partial charge in [-0.1, -0.05) is 97.1 Å². The van der Waals surface area contributed by atoms with Crippen molar-refractivity contribution >= 4 is 23.7 Å². The van der Waals surface area contributed by atoms with Gasteiger partial charge in [-0.15, -0.1) is 0 Å². The summed E-state index contributed by atoms with van der Waals surface area (Å²) in [4.78, 5) is 41.1. The van der Waals surface area contributed by atoms with E-state index in [1.807, 2.05) is 91.0 Å². The summed E-state index contributed by atoms with van der Waals surface area (Å²) in [7, 11) is 1.20. The largest absolute Gasteiger partial charge is 0.468 e. The molecule has 6 rings (SSSR count). The first-order chi connectivity index (χ1) is 21.4. The van der Waals surface area contributed by atoms with Gasteiger partial charge in [0.2, 0.25) is 0 Å². The molecule has 4 aromatic carbocycles. The number of ether oxygens (including phenoxy) is 2. The molecule has 1 fully saturated rings. The van der Waals surface area contributed by atoms with Gasteiger partial charge in [0.1, 0.15) is 6.04 Å². The van der Waals surface area contributed by atoms with Crippen molar-refractivity contribution in [2.75, 3.05) is 7.11 Å². The quantitative estimate of drug-likeness (QED) is 0.145. The molecule has 0 bridgehead atoms. The van der Waals surface area contributed by atoms with Gasteiger partial charge in [-0.2, -0.15) is 5.26 Å². The number of fused-ring (bicyclic) bond motifs is 3. The number of nitrogens with zero attached hydrogens (tertiary/aromatic N) is 3. The SMILES string of the molecule is COC(=O)[C@@]1(C#N)C2c3ccccc3C=CN2[C@H](C(=O)OC(c2ccccc2)c2ccccc2)[C@H]1c1ccc([N+](=O)[O-])cc1. The molecule has 0 aromatic heterocycles. The van der Waals surface area contributed by atoms with E-state index in [9.17, 15) is 25.0 Å². The van der Waals surface area contributed by atoms with Crippen LogP contribution >= 0.6 is 0 Å². The fourth-order valence-electron chi connectivity index (χ4n) is 6.51. The lowest BCUT2D eigenvalue weighted by Gasteiger charge is -2.35. The Labute approximate surface area is 253 Å². The van der Waals surface area contributed by atoms with Gasteiger partial charge in [-0.3, -0.25) is 14.9 Å². The molecule has 9 nitrogen and oxygen atoms in total. The van der Waals surface area contributed by atoms with Crippen molar-refractivity contribution in [3.05, 3.63) is 153 Å². The van der Waals surface area contributed by atoms with Crippen LogP contribution in [0.5, 0.6) is 0 Å². The van der Waals surface area contributed by atoms with Crippen LogP contribution in [-0.4, -0.2) is 34.9 Å². The van der Waals surface area contributed by atoms with Crippen LogP contribution in [0.25, 0.3) is 6.08 Å². The van der Waals surface area contributed by atoms with Crippen molar-refractivity contribution in [1.29, 1.82) is 5.26 Å². The van der Waals surface area contributed by atoms with Crippen molar-refractivity contribution in [3.63, 3.8) is 0 Å². The zero-order valence-electron chi connectivity index (χ0n) is 23.6. The first-order valence-electron chi connectivity index (χ1n) is 14.0. The summed E-state index contributed by atoms with van der Waals surface area (Å²) in [5, 5.41) is 22.4. The van der Waals surface area contributed by atoms with Crippen LogP contribution in [0.3, 0.4) is 0 Å². The lowest BCUT2D eigenvalue weighted by Crippen LogP contribution is -2.41. The summed E-state index contributed by atoms with van der Waals surface area (Å²) in [6.07, 6.45) is 2.76. The van der Waals surface area contributed by atoms with E-state index < -0.39 is 46.4 Å². The first kappa shape index (κ1) is 28.4. The number of non-ortho nitro benzene ring substituents is 1. The minimum absolute atomic E-state index is 0.164. The Hall–Kier alpha value is -5.75. The van der Waals surface area contributed by atoms with Crippen LogP contribution in [0.2, 0.25) is 0 Å². The standard InChI is InChI=1S/C35H27N3O6/c1-43-34(40)35(22-36)29(24-16-18-27(19-17-24)38(41)42)30(37-21-20-23-10-8-9-15-28(23)32(35)37)33(39)44-31(25-11-4-2-5-12-25)26-13-6-3-7-14-26/h2-21,29-32H,1H3/t29-,30+,32?,35-/m1/s1. The Balaban J connectivity index is 1.54. The maximum atomic E-state index is 14.6. The van der Waals surface area contributed by atoms with Crippen LogP contribution < -0.4 is 0 Å². The smallest absolute Gasteiger partial charge is 0.330 e. The molecule has 218 valence electrons. The van der Waals surface area contributed by atoms with Crippen LogP contribution in [0.1, 0.15) is 45.9 Å². The fourth-order valence-corrected chi connectivity index (χ4v) is 6.51. The number of carbonyl (C=O) groups is 2. The van der Waals surface area contributed by atoms with Gasteiger partial charge in [-0.25, -0.2) is 4.79 Å².